The molecule has 5 aromatic carbocycles. The Hall–Kier alpha value is -3.55. The first-order valence-corrected chi connectivity index (χ1v) is 29.4. The molecular weight excluding hydrogens is 743 g/mol. The van der Waals surface area contributed by atoms with Crippen molar-refractivity contribution in [2.45, 2.75) is 69.6 Å². The van der Waals surface area contributed by atoms with E-state index in [4.69, 9.17) is 0 Å². The Morgan fingerprint density at radius 1 is 0.562 bits per heavy atom. The van der Waals surface area contributed by atoms with Crippen LogP contribution in [-0.4, -0.2) is 0 Å². The standard InChI is InChI=1S/C45H42.2CH3.Hf/c1-30(2)33-15-9-17-35(23-33)41-21-11-19-37-25-39(27-43(37)41)45(5,29-32-13-7-6-8-14-32)40-26-38-20-12-22-42(44(38)28-40)36-18-10-16-34(24-36)31(3)4;;;/h6-28,30-31H,29H2,1-5H3;2*1H3;. The van der Waals surface area contributed by atoms with Gasteiger partial charge in [-0.2, -0.15) is 0 Å². The fourth-order valence-electron chi connectivity index (χ4n) is 9.54. The van der Waals surface area contributed by atoms with E-state index in [2.05, 4.69) is 171 Å². The van der Waals surface area contributed by atoms with Crippen LogP contribution in [0.15, 0.2) is 126 Å². The first kappa shape index (κ1) is 31.7. The molecule has 1 heteroatoms. The van der Waals surface area contributed by atoms with Crippen LogP contribution in [-0.2, 0) is 26.4 Å². The Balaban J connectivity index is 1.35. The Labute approximate surface area is 293 Å². The molecule has 5 aromatic rings. The van der Waals surface area contributed by atoms with Crippen molar-refractivity contribution in [3.63, 3.8) is 0 Å². The van der Waals surface area contributed by atoms with Gasteiger partial charge in [0.25, 0.3) is 0 Å². The molecule has 1 fully saturated rings. The first-order valence-electron chi connectivity index (χ1n) is 18.0. The summed E-state index contributed by atoms with van der Waals surface area (Å²) in [6, 6.07) is 44.3. The molecule has 0 spiro atoms. The molecule has 48 heavy (non-hydrogen) atoms. The molecule has 1 heterocycles. The number of allylic oxidation sites excluding steroid dienone is 2. The molecule has 0 radical (unpaired) electrons. The predicted octanol–water partition coefficient (Wildman–Crippen LogP) is 13.4. The molecule has 2 unspecified atom stereocenters. The van der Waals surface area contributed by atoms with Gasteiger partial charge in [-0.1, -0.05) is 0 Å². The van der Waals surface area contributed by atoms with E-state index >= 15 is 0 Å². The molecule has 0 aromatic heterocycles. The van der Waals surface area contributed by atoms with Gasteiger partial charge in [-0.05, 0) is 0 Å². The Kier molecular flexibility index (Phi) is 7.79. The molecule has 8 rings (SSSR count). The van der Waals surface area contributed by atoms with Crippen LogP contribution in [0.4, 0.5) is 0 Å². The summed E-state index contributed by atoms with van der Waals surface area (Å²) in [5.74, 6) is 1.02. The van der Waals surface area contributed by atoms with E-state index in [1.165, 1.54) is 50.1 Å². The monoisotopic (exact) mass is 792 g/mol. The van der Waals surface area contributed by atoms with Gasteiger partial charge in [0.1, 0.15) is 0 Å². The van der Waals surface area contributed by atoms with Gasteiger partial charge in [0.15, 0.2) is 0 Å². The van der Waals surface area contributed by atoms with E-state index in [0.29, 0.717) is 19.2 Å². The third-order valence-electron chi connectivity index (χ3n) is 12.0. The minimum atomic E-state index is -3.19. The fourth-order valence-corrected chi connectivity index (χ4v) is 27.0. The normalized spacial score (nSPS) is 21.8. The Morgan fingerprint density at radius 2 is 1.02 bits per heavy atom. The van der Waals surface area contributed by atoms with Crippen LogP contribution in [0, 0.1) is 5.41 Å². The average Bonchev–Trinajstić information content (AvgIpc) is 3.70. The minimum absolute atomic E-state index is 0.0711. The molecule has 0 saturated carbocycles. The second-order valence-electron chi connectivity index (χ2n) is 16.1. The summed E-state index contributed by atoms with van der Waals surface area (Å²) >= 11 is -3.19. The van der Waals surface area contributed by atoms with Gasteiger partial charge in [0.2, 0.25) is 0 Å². The number of hydrogen-bond donors (Lipinski definition) is 0. The molecule has 0 N–H and O–H groups in total. The van der Waals surface area contributed by atoms with Crippen molar-refractivity contribution in [2.24, 2.45) is 5.41 Å². The van der Waals surface area contributed by atoms with Crippen LogP contribution in [0.1, 0.15) is 92.7 Å². The Morgan fingerprint density at radius 3 is 1.48 bits per heavy atom. The summed E-state index contributed by atoms with van der Waals surface area (Å²) in [6.45, 7) is 11.8. The molecule has 1 aliphatic heterocycles. The van der Waals surface area contributed by atoms with E-state index < -0.39 is 20.0 Å². The van der Waals surface area contributed by atoms with E-state index in [0.717, 1.165) is 6.42 Å². The van der Waals surface area contributed by atoms with Crippen molar-refractivity contribution in [2.75, 3.05) is 0 Å². The van der Waals surface area contributed by atoms with Gasteiger partial charge in [0, 0.05) is 0 Å². The second-order valence-corrected chi connectivity index (χ2v) is 33.3. The molecule has 2 aliphatic carbocycles. The summed E-state index contributed by atoms with van der Waals surface area (Å²) in [5, 5.41) is 0. The van der Waals surface area contributed by atoms with Gasteiger partial charge in [0.05, 0.1) is 0 Å². The maximum atomic E-state index is 2.77. The number of fused-ring (bicyclic) bond motifs is 6. The molecule has 0 bridgehead atoms. The summed E-state index contributed by atoms with van der Waals surface area (Å²) < 4.78 is 6.65. The van der Waals surface area contributed by atoms with E-state index in [1.54, 1.807) is 22.3 Å². The van der Waals surface area contributed by atoms with Crippen molar-refractivity contribution >= 4 is 12.2 Å². The Bertz CT molecular complexity index is 1980. The van der Waals surface area contributed by atoms with Gasteiger partial charge in [-0.3, -0.25) is 0 Å². The SMILES string of the molecule is CC(C)c1cccc(-c2cccc3c2C=C2[CH]3[Hf]([CH3])([CH3])[CH]3C(=Cc4c(-c5cccc(C(C)C)c5)cccc43)C2(C)Cc2ccccc2)c1. The quantitative estimate of drug-likeness (QED) is 0.150. The van der Waals surface area contributed by atoms with Crippen LogP contribution in [0.3, 0.4) is 0 Å². The molecule has 2 atom stereocenters. The molecule has 0 nitrogen and oxygen atoms in total. The number of rotatable bonds is 6. The molecular formula is C47H48Hf. The van der Waals surface area contributed by atoms with Crippen molar-refractivity contribution < 1.29 is 20.0 Å². The summed E-state index contributed by atoms with van der Waals surface area (Å²) in [6.07, 6.45) is 6.38. The van der Waals surface area contributed by atoms with Crippen LogP contribution >= 0.6 is 0 Å². The third-order valence-corrected chi connectivity index (χ3v) is 27.2. The zero-order valence-corrected chi connectivity index (χ0v) is 33.2. The average molecular weight is 791 g/mol. The van der Waals surface area contributed by atoms with Crippen LogP contribution in [0.2, 0.25) is 9.36 Å². The van der Waals surface area contributed by atoms with Crippen LogP contribution < -0.4 is 0 Å². The predicted molar refractivity (Wildman–Crippen MR) is 203 cm³/mol. The fraction of sp³-hybridized carbons (Fsp3) is 0.277. The van der Waals surface area contributed by atoms with Gasteiger partial charge in [-0.15, -0.1) is 0 Å². The number of hydrogen-bond acceptors (Lipinski definition) is 0. The van der Waals surface area contributed by atoms with E-state index in [9.17, 15) is 0 Å². The zero-order valence-electron chi connectivity index (χ0n) is 29.6. The van der Waals surface area contributed by atoms with Gasteiger partial charge < -0.3 is 0 Å². The second kappa shape index (κ2) is 11.8. The topological polar surface area (TPSA) is 0 Å². The number of benzene rings is 5. The first-order chi connectivity index (χ1) is 23.1. The molecule has 3 aliphatic rings. The van der Waals surface area contributed by atoms with Crippen molar-refractivity contribution in [3.05, 3.63) is 165 Å². The van der Waals surface area contributed by atoms with Gasteiger partial charge in [-0.25, -0.2) is 0 Å². The van der Waals surface area contributed by atoms with Crippen molar-refractivity contribution in [3.8, 4) is 22.3 Å². The molecule has 1 saturated heterocycles. The summed E-state index contributed by atoms with van der Waals surface area (Å²) in [7, 11) is 0. The summed E-state index contributed by atoms with van der Waals surface area (Å²) in [5.41, 5.74) is 19.2. The van der Waals surface area contributed by atoms with E-state index in [-0.39, 0.29) is 5.41 Å². The van der Waals surface area contributed by atoms with E-state index in [1.807, 2.05) is 0 Å². The zero-order chi connectivity index (χ0) is 33.4. The van der Waals surface area contributed by atoms with Crippen LogP contribution in [0.5, 0.6) is 0 Å². The summed E-state index contributed by atoms with van der Waals surface area (Å²) in [4.78, 5) is 0. The molecule has 240 valence electrons. The maximum absolute atomic E-state index is 3.19. The van der Waals surface area contributed by atoms with Crippen LogP contribution in [0.25, 0.3) is 34.4 Å². The van der Waals surface area contributed by atoms with Gasteiger partial charge >= 0.3 is 295 Å². The molecule has 0 amide bonds. The third kappa shape index (κ3) is 4.94. The van der Waals surface area contributed by atoms with Crippen molar-refractivity contribution in [1.82, 2.24) is 0 Å². The van der Waals surface area contributed by atoms with Crippen molar-refractivity contribution in [1.29, 1.82) is 0 Å².